The van der Waals surface area contributed by atoms with E-state index in [4.69, 9.17) is 28.4 Å². The van der Waals surface area contributed by atoms with E-state index in [0.717, 1.165) is 11.3 Å². The largest absolute Gasteiger partial charge is 0.382 e. The van der Waals surface area contributed by atoms with Gasteiger partial charge in [0.2, 0.25) is 5.95 Å². The first-order chi connectivity index (χ1) is 9.08. The summed E-state index contributed by atoms with van der Waals surface area (Å²) in [6.45, 7) is 3.71. The van der Waals surface area contributed by atoms with Crippen molar-refractivity contribution < 1.29 is 4.74 Å². The number of thiocarbonyl (C=S) groups is 1. The number of hydrogen-bond donors (Lipinski definition) is 2. The van der Waals surface area contributed by atoms with Crippen LogP contribution in [0.2, 0.25) is 0 Å². The van der Waals surface area contributed by atoms with Gasteiger partial charge in [0, 0.05) is 13.0 Å². The highest BCUT2D eigenvalue weighted by Crippen LogP contribution is 2.16. The standard InChI is InChI=1S/C11H16N6OS/c1-7(19)2-4-18-5-3-17-6-14-8-9(12)15-11(13)16-10(8)17/h6H,2-5H2,1H3,(H4,12,13,15,16). The zero-order valence-electron chi connectivity index (χ0n) is 10.7. The van der Waals surface area contributed by atoms with Crippen molar-refractivity contribution in [1.82, 2.24) is 19.5 Å². The second kappa shape index (κ2) is 5.89. The van der Waals surface area contributed by atoms with Crippen molar-refractivity contribution in [2.24, 2.45) is 0 Å². The van der Waals surface area contributed by atoms with Gasteiger partial charge in [0.1, 0.15) is 5.52 Å². The van der Waals surface area contributed by atoms with Crippen LogP contribution < -0.4 is 11.5 Å². The molecule has 0 bridgehead atoms. The molecule has 102 valence electrons. The molecule has 4 N–H and O–H groups in total. The summed E-state index contributed by atoms with van der Waals surface area (Å²) in [4.78, 5) is 13.1. The molecule has 8 heteroatoms. The Kier molecular flexibility index (Phi) is 4.23. The quantitative estimate of drug-likeness (QED) is 0.595. The van der Waals surface area contributed by atoms with Gasteiger partial charge in [-0.1, -0.05) is 12.2 Å². The van der Waals surface area contributed by atoms with Gasteiger partial charge in [-0.15, -0.1) is 0 Å². The highest BCUT2D eigenvalue weighted by molar-refractivity contribution is 7.80. The predicted octanol–water partition coefficient (Wildman–Crippen LogP) is 0.787. The van der Waals surface area contributed by atoms with Gasteiger partial charge < -0.3 is 20.8 Å². The van der Waals surface area contributed by atoms with Gasteiger partial charge in [-0.25, -0.2) is 4.98 Å². The van der Waals surface area contributed by atoms with Crippen LogP contribution >= 0.6 is 12.2 Å². The minimum Gasteiger partial charge on any atom is -0.382 e. The molecule has 2 aromatic rings. The smallest absolute Gasteiger partial charge is 0.224 e. The van der Waals surface area contributed by atoms with Gasteiger partial charge in [-0.2, -0.15) is 9.97 Å². The van der Waals surface area contributed by atoms with E-state index in [1.165, 1.54) is 0 Å². The molecule has 0 aliphatic rings. The number of hydrogen-bond acceptors (Lipinski definition) is 7. The van der Waals surface area contributed by atoms with E-state index >= 15 is 0 Å². The number of fused-ring (bicyclic) bond motifs is 1. The third-order valence-corrected chi connectivity index (χ3v) is 2.79. The van der Waals surface area contributed by atoms with Gasteiger partial charge in [0.15, 0.2) is 11.5 Å². The first-order valence-electron chi connectivity index (χ1n) is 5.89. The van der Waals surface area contributed by atoms with Crippen LogP contribution in [0.1, 0.15) is 13.3 Å². The maximum absolute atomic E-state index is 5.73. The van der Waals surface area contributed by atoms with Crippen molar-refractivity contribution >= 4 is 40.0 Å². The average Bonchev–Trinajstić information content (AvgIpc) is 2.72. The highest BCUT2D eigenvalue weighted by atomic mass is 32.1. The third-order valence-electron chi connectivity index (χ3n) is 2.58. The molecule has 0 aromatic carbocycles. The Hall–Kier alpha value is -1.80. The van der Waals surface area contributed by atoms with Crippen LogP contribution in [0, 0.1) is 0 Å². The van der Waals surface area contributed by atoms with E-state index in [2.05, 4.69) is 15.0 Å². The van der Waals surface area contributed by atoms with E-state index in [-0.39, 0.29) is 5.95 Å². The molecule has 0 amide bonds. The molecule has 2 aromatic heterocycles. The van der Waals surface area contributed by atoms with Crippen LogP contribution in [0.4, 0.5) is 11.8 Å². The lowest BCUT2D eigenvalue weighted by molar-refractivity contribution is 0.133. The van der Waals surface area contributed by atoms with Crippen molar-refractivity contribution in [2.45, 2.75) is 19.9 Å². The van der Waals surface area contributed by atoms with E-state index < -0.39 is 0 Å². The van der Waals surface area contributed by atoms with Crippen molar-refractivity contribution in [1.29, 1.82) is 0 Å². The second-order valence-electron chi connectivity index (χ2n) is 4.14. The first-order valence-corrected chi connectivity index (χ1v) is 6.29. The molecule has 0 radical (unpaired) electrons. The molecule has 2 rings (SSSR count). The minimum absolute atomic E-state index is 0.143. The summed E-state index contributed by atoms with van der Waals surface area (Å²) >= 11 is 4.98. The molecule has 19 heavy (non-hydrogen) atoms. The molecule has 0 aliphatic carbocycles. The number of aromatic nitrogens is 4. The monoisotopic (exact) mass is 280 g/mol. The third kappa shape index (κ3) is 3.36. The summed E-state index contributed by atoms with van der Waals surface area (Å²) in [5.74, 6) is 0.433. The fourth-order valence-corrected chi connectivity index (χ4v) is 1.71. The van der Waals surface area contributed by atoms with Gasteiger partial charge in [-0.05, 0) is 11.8 Å². The Morgan fingerprint density at radius 2 is 2.16 bits per heavy atom. The van der Waals surface area contributed by atoms with Crippen molar-refractivity contribution in [2.75, 3.05) is 24.7 Å². The van der Waals surface area contributed by atoms with Crippen molar-refractivity contribution in [3.8, 4) is 0 Å². The summed E-state index contributed by atoms with van der Waals surface area (Å²) in [5.41, 5.74) is 12.5. The Morgan fingerprint density at radius 3 is 2.89 bits per heavy atom. The molecule has 7 nitrogen and oxygen atoms in total. The molecule has 0 saturated carbocycles. The number of imidazole rings is 1. The fraction of sp³-hybridized carbons (Fsp3) is 0.455. The summed E-state index contributed by atoms with van der Waals surface area (Å²) < 4.78 is 7.33. The maximum atomic E-state index is 5.73. The number of ether oxygens (including phenoxy) is 1. The lowest BCUT2D eigenvalue weighted by Crippen LogP contribution is -2.09. The van der Waals surface area contributed by atoms with Crippen LogP contribution in [0.15, 0.2) is 6.33 Å². The topological polar surface area (TPSA) is 105 Å². The number of anilines is 2. The van der Waals surface area contributed by atoms with E-state index in [0.29, 0.717) is 36.7 Å². The van der Waals surface area contributed by atoms with Crippen LogP contribution in [0.25, 0.3) is 11.2 Å². The van der Waals surface area contributed by atoms with E-state index in [9.17, 15) is 0 Å². The molecule has 2 heterocycles. The Balaban J connectivity index is 1.99. The number of nitrogens with zero attached hydrogens (tertiary/aromatic N) is 4. The van der Waals surface area contributed by atoms with Gasteiger partial charge in [0.25, 0.3) is 0 Å². The van der Waals surface area contributed by atoms with E-state index in [1.54, 1.807) is 6.33 Å². The Labute approximate surface area is 116 Å². The SMILES string of the molecule is CC(=S)CCOCCn1cnc2c(N)nc(N)nc21. The Bertz CT molecular complexity index is 596. The maximum Gasteiger partial charge on any atom is 0.224 e. The molecule has 0 unspecified atom stereocenters. The van der Waals surface area contributed by atoms with Gasteiger partial charge >= 0.3 is 0 Å². The first kappa shape index (κ1) is 13.6. The summed E-state index contributed by atoms with van der Waals surface area (Å²) in [7, 11) is 0. The second-order valence-corrected chi connectivity index (χ2v) is 4.84. The van der Waals surface area contributed by atoms with Crippen LogP contribution in [-0.4, -0.2) is 37.6 Å². The van der Waals surface area contributed by atoms with Gasteiger partial charge in [0.05, 0.1) is 19.5 Å². The van der Waals surface area contributed by atoms with Crippen LogP contribution in [-0.2, 0) is 11.3 Å². The van der Waals surface area contributed by atoms with Crippen molar-refractivity contribution in [3.63, 3.8) is 0 Å². The molecule has 0 aliphatic heterocycles. The lowest BCUT2D eigenvalue weighted by Gasteiger charge is -2.05. The number of nitrogens with two attached hydrogens (primary N) is 2. The summed E-state index contributed by atoms with van der Waals surface area (Å²) in [5, 5.41) is 0. The molecular weight excluding hydrogens is 264 g/mol. The minimum atomic E-state index is 0.143. The normalized spacial score (nSPS) is 11.0. The molecule has 0 atom stereocenters. The molecular formula is C11H16N6OS. The fourth-order valence-electron chi connectivity index (χ4n) is 1.63. The van der Waals surface area contributed by atoms with Crippen LogP contribution in [0.5, 0.6) is 0 Å². The van der Waals surface area contributed by atoms with E-state index in [1.807, 2.05) is 11.5 Å². The number of rotatable bonds is 6. The Morgan fingerprint density at radius 1 is 1.37 bits per heavy atom. The number of nitrogen functional groups attached to an aromatic ring is 2. The average molecular weight is 280 g/mol. The zero-order chi connectivity index (χ0) is 13.8. The lowest BCUT2D eigenvalue weighted by atomic mass is 10.4. The van der Waals surface area contributed by atoms with Crippen molar-refractivity contribution in [3.05, 3.63) is 6.33 Å². The zero-order valence-corrected chi connectivity index (χ0v) is 11.5. The molecule has 0 saturated heterocycles. The molecule has 0 spiro atoms. The van der Waals surface area contributed by atoms with Gasteiger partial charge in [-0.3, -0.25) is 0 Å². The summed E-state index contributed by atoms with van der Waals surface area (Å²) in [6, 6.07) is 0. The van der Waals surface area contributed by atoms with Crippen LogP contribution in [0.3, 0.4) is 0 Å². The summed E-state index contributed by atoms with van der Waals surface area (Å²) in [6.07, 6.45) is 2.45. The predicted molar refractivity (Wildman–Crippen MR) is 77.9 cm³/mol. The molecule has 0 fully saturated rings. The highest BCUT2D eigenvalue weighted by Gasteiger charge is 2.09.